The first-order valence-corrected chi connectivity index (χ1v) is 8.27. The minimum absolute atomic E-state index is 0.101. The van der Waals surface area contributed by atoms with Gasteiger partial charge in [-0.2, -0.15) is 0 Å². The molecule has 0 aliphatic carbocycles. The molecular formula is C18H21FN4O2. The highest BCUT2D eigenvalue weighted by Crippen LogP contribution is 2.27. The molecule has 132 valence electrons. The first-order chi connectivity index (χ1) is 12.1. The Balaban J connectivity index is 1.69. The SMILES string of the molecule is CN(CC(=O)N[C@@H](c1ccc(F)cc1)[C@H]1CCCO1)c1cnccn1. The lowest BCUT2D eigenvalue weighted by atomic mass is 9.99. The number of benzene rings is 1. The van der Waals surface area contributed by atoms with Gasteiger partial charge in [0, 0.05) is 26.0 Å². The Morgan fingerprint density at radius 3 is 2.84 bits per heavy atom. The number of likely N-dealkylation sites (N-methyl/N-ethyl adjacent to an activating group) is 1. The highest BCUT2D eigenvalue weighted by atomic mass is 19.1. The van der Waals surface area contributed by atoms with Crippen LogP contribution < -0.4 is 10.2 Å². The van der Waals surface area contributed by atoms with E-state index in [1.54, 1.807) is 42.7 Å². The summed E-state index contributed by atoms with van der Waals surface area (Å²) in [6.45, 7) is 0.820. The Hall–Kier alpha value is -2.54. The molecule has 0 saturated carbocycles. The van der Waals surface area contributed by atoms with Crippen molar-refractivity contribution < 1.29 is 13.9 Å². The molecule has 1 aromatic carbocycles. The second-order valence-electron chi connectivity index (χ2n) is 6.07. The summed E-state index contributed by atoms with van der Waals surface area (Å²) in [6.07, 6.45) is 6.48. The van der Waals surface area contributed by atoms with Crippen molar-refractivity contribution in [3.05, 3.63) is 54.2 Å². The molecule has 1 aliphatic heterocycles. The zero-order chi connectivity index (χ0) is 17.6. The van der Waals surface area contributed by atoms with E-state index in [0.29, 0.717) is 12.4 Å². The topological polar surface area (TPSA) is 67.4 Å². The van der Waals surface area contributed by atoms with Crippen LogP contribution in [-0.2, 0) is 9.53 Å². The Morgan fingerprint density at radius 2 is 2.20 bits per heavy atom. The zero-order valence-corrected chi connectivity index (χ0v) is 14.1. The minimum Gasteiger partial charge on any atom is -0.376 e. The second kappa shape index (κ2) is 8.02. The molecule has 2 heterocycles. The molecule has 1 aliphatic rings. The maximum Gasteiger partial charge on any atom is 0.240 e. The largest absolute Gasteiger partial charge is 0.376 e. The normalized spacial score (nSPS) is 17.9. The van der Waals surface area contributed by atoms with Gasteiger partial charge in [0.05, 0.1) is 24.9 Å². The Kier molecular flexibility index (Phi) is 5.55. The number of amides is 1. The number of rotatable bonds is 6. The van der Waals surface area contributed by atoms with Crippen LogP contribution in [0.2, 0.25) is 0 Å². The third-order valence-corrected chi connectivity index (χ3v) is 4.20. The molecule has 1 aromatic heterocycles. The van der Waals surface area contributed by atoms with Crippen molar-refractivity contribution in [2.75, 3.05) is 25.1 Å². The molecular weight excluding hydrogens is 323 g/mol. The van der Waals surface area contributed by atoms with E-state index >= 15 is 0 Å². The molecule has 1 fully saturated rings. The number of nitrogens with one attached hydrogen (secondary N) is 1. The third kappa shape index (κ3) is 4.51. The summed E-state index contributed by atoms with van der Waals surface area (Å²) in [5.74, 6) is 0.162. The lowest BCUT2D eigenvalue weighted by Gasteiger charge is -2.26. The van der Waals surface area contributed by atoms with Gasteiger partial charge in [-0.15, -0.1) is 0 Å². The fourth-order valence-corrected chi connectivity index (χ4v) is 2.93. The van der Waals surface area contributed by atoms with Gasteiger partial charge in [-0.25, -0.2) is 9.37 Å². The van der Waals surface area contributed by atoms with Crippen LogP contribution in [0.25, 0.3) is 0 Å². The van der Waals surface area contributed by atoms with Crippen LogP contribution in [0.5, 0.6) is 0 Å². The van der Waals surface area contributed by atoms with Gasteiger partial charge in [-0.1, -0.05) is 12.1 Å². The molecule has 25 heavy (non-hydrogen) atoms. The first-order valence-electron chi connectivity index (χ1n) is 8.27. The fraction of sp³-hybridized carbons (Fsp3) is 0.389. The molecule has 2 atom stereocenters. The van der Waals surface area contributed by atoms with Gasteiger partial charge in [0.1, 0.15) is 11.6 Å². The summed E-state index contributed by atoms with van der Waals surface area (Å²) in [4.78, 5) is 22.4. The number of carbonyl (C=O) groups is 1. The van der Waals surface area contributed by atoms with Crippen molar-refractivity contribution in [3.8, 4) is 0 Å². The summed E-state index contributed by atoms with van der Waals surface area (Å²) >= 11 is 0. The molecule has 0 bridgehead atoms. The van der Waals surface area contributed by atoms with Gasteiger partial charge < -0.3 is 15.0 Å². The van der Waals surface area contributed by atoms with Crippen molar-refractivity contribution in [3.63, 3.8) is 0 Å². The van der Waals surface area contributed by atoms with E-state index in [9.17, 15) is 9.18 Å². The lowest BCUT2D eigenvalue weighted by molar-refractivity contribution is -0.121. The summed E-state index contributed by atoms with van der Waals surface area (Å²) in [7, 11) is 1.78. The number of halogens is 1. The third-order valence-electron chi connectivity index (χ3n) is 4.20. The summed E-state index contributed by atoms with van der Waals surface area (Å²) in [5, 5.41) is 3.02. The fourth-order valence-electron chi connectivity index (χ4n) is 2.93. The molecule has 7 heteroatoms. The number of carbonyl (C=O) groups excluding carboxylic acids is 1. The molecule has 1 saturated heterocycles. The molecule has 1 amide bonds. The van der Waals surface area contributed by atoms with Gasteiger partial charge in [0.2, 0.25) is 5.91 Å². The maximum absolute atomic E-state index is 13.2. The highest BCUT2D eigenvalue weighted by molar-refractivity contribution is 5.81. The van der Waals surface area contributed by atoms with E-state index < -0.39 is 0 Å². The highest BCUT2D eigenvalue weighted by Gasteiger charge is 2.29. The number of hydrogen-bond acceptors (Lipinski definition) is 5. The quantitative estimate of drug-likeness (QED) is 0.869. The number of anilines is 1. The smallest absolute Gasteiger partial charge is 0.240 e. The van der Waals surface area contributed by atoms with Gasteiger partial charge in [-0.3, -0.25) is 9.78 Å². The lowest BCUT2D eigenvalue weighted by Crippen LogP contribution is -2.41. The van der Waals surface area contributed by atoms with E-state index in [2.05, 4.69) is 15.3 Å². The maximum atomic E-state index is 13.2. The van der Waals surface area contributed by atoms with Crippen LogP contribution >= 0.6 is 0 Å². The molecule has 6 nitrogen and oxygen atoms in total. The Morgan fingerprint density at radius 1 is 1.40 bits per heavy atom. The monoisotopic (exact) mass is 344 g/mol. The van der Waals surface area contributed by atoms with E-state index in [1.807, 2.05) is 0 Å². The second-order valence-corrected chi connectivity index (χ2v) is 6.07. The van der Waals surface area contributed by atoms with Crippen LogP contribution in [0.3, 0.4) is 0 Å². The van der Waals surface area contributed by atoms with E-state index in [0.717, 1.165) is 18.4 Å². The van der Waals surface area contributed by atoms with Gasteiger partial charge in [0.15, 0.2) is 0 Å². The van der Waals surface area contributed by atoms with Crippen LogP contribution in [-0.4, -0.2) is 42.2 Å². The van der Waals surface area contributed by atoms with Gasteiger partial charge >= 0.3 is 0 Å². The number of hydrogen-bond donors (Lipinski definition) is 1. The van der Waals surface area contributed by atoms with Crippen molar-refractivity contribution in [1.82, 2.24) is 15.3 Å². The van der Waals surface area contributed by atoms with Gasteiger partial charge in [0.25, 0.3) is 0 Å². The van der Waals surface area contributed by atoms with Crippen LogP contribution in [0.4, 0.5) is 10.2 Å². The standard InChI is InChI=1S/C18H21FN4O2/c1-23(16-11-20-8-9-21-16)12-17(24)22-18(15-3-2-10-25-15)13-4-6-14(19)7-5-13/h4-9,11,15,18H,2-3,10,12H2,1H3,(H,22,24)/t15-,18+/m1/s1. The van der Waals surface area contributed by atoms with E-state index in [4.69, 9.17) is 4.74 Å². The zero-order valence-electron chi connectivity index (χ0n) is 14.1. The van der Waals surface area contributed by atoms with Crippen molar-refractivity contribution in [2.24, 2.45) is 0 Å². The summed E-state index contributed by atoms with van der Waals surface area (Å²) < 4.78 is 19.0. The molecule has 1 N–H and O–H groups in total. The average Bonchev–Trinajstić information content (AvgIpc) is 3.15. The predicted octanol–water partition coefficient (Wildman–Crippen LogP) is 2.09. The van der Waals surface area contributed by atoms with Gasteiger partial charge in [-0.05, 0) is 30.5 Å². The van der Waals surface area contributed by atoms with Crippen molar-refractivity contribution in [1.29, 1.82) is 0 Å². The minimum atomic E-state index is -0.302. The van der Waals surface area contributed by atoms with Crippen LogP contribution in [0.1, 0.15) is 24.4 Å². The van der Waals surface area contributed by atoms with E-state index in [-0.39, 0.29) is 30.4 Å². The van der Waals surface area contributed by atoms with Crippen LogP contribution in [0, 0.1) is 5.82 Å². The molecule has 0 unspecified atom stereocenters. The Labute approximate surface area is 146 Å². The van der Waals surface area contributed by atoms with Crippen LogP contribution in [0.15, 0.2) is 42.9 Å². The number of ether oxygens (including phenoxy) is 1. The summed E-state index contributed by atoms with van der Waals surface area (Å²) in [5.41, 5.74) is 0.837. The van der Waals surface area contributed by atoms with Crippen molar-refractivity contribution >= 4 is 11.7 Å². The molecule has 0 spiro atoms. The van der Waals surface area contributed by atoms with Crippen molar-refractivity contribution in [2.45, 2.75) is 25.0 Å². The summed E-state index contributed by atoms with van der Waals surface area (Å²) in [6, 6.07) is 5.87. The average molecular weight is 344 g/mol. The molecule has 0 radical (unpaired) electrons. The molecule has 2 aromatic rings. The molecule has 3 rings (SSSR count). The number of nitrogens with zero attached hydrogens (tertiary/aromatic N) is 3. The Bertz CT molecular complexity index is 690. The van der Waals surface area contributed by atoms with E-state index in [1.165, 1.54) is 12.1 Å². The number of aromatic nitrogens is 2. The first kappa shape index (κ1) is 17.3. The predicted molar refractivity (Wildman–Crippen MR) is 91.6 cm³/mol.